The van der Waals surface area contributed by atoms with Crippen LogP contribution in [0.5, 0.6) is 0 Å². The second kappa shape index (κ2) is 7.14. The van der Waals surface area contributed by atoms with Gasteiger partial charge in [0, 0.05) is 49.4 Å². The van der Waals surface area contributed by atoms with Gasteiger partial charge in [0.05, 0.1) is 4.92 Å². The Morgan fingerprint density at radius 1 is 1.04 bits per heavy atom. The smallest absolute Gasteiger partial charge is 0.324 e. The third-order valence-electron chi connectivity index (χ3n) is 4.68. The zero-order chi connectivity index (χ0) is 18.0. The fourth-order valence-corrected chi connectivity index (χ4v) is 3.97. The third kappa shape index (κ3) is 4.38. The van der Waals surface area contributed by atoms with Crippen molar-refractivity contribution in [2.24, 2.45) is 0 Å². The molecule has 2 aromatic rings. The van der Waals surface area contributed by atoms with Crippen molar-refractivity contribution in [3.8, 4) is 0 Å². The highest BCUT2D eigenvalue weighted by molar-refractivity contribution is 7.15. The van der Waals surface area contributed by atoms with Crippen molar-refractivity contribution in [3.63, 3.8) is 0 Å². The Labute approximate surface area is 153 Å². The second-order valence-corrected chi connectivity index (χ2v) is 8.70. The van der Waals surface area contributed by atoms with E-state index in [-0.39, 0.29) is 15.3 Å². The predicted octanol–water partition coefficient (Wildman–Crippen LogP) is 4.28. The average Bonchev–Trinajstić information content (AvgIpc) is 3.04. The lowest BCUT2D eigenvalue weighted by Gasteiger charge is -2.36. The van der Waals surface area contributed by atoms with Crippen molar-refractivity contribution in [2.75, 3.05) is 31.1 Å². The van der Waals surface area contributed by atoms with E-state index in [1.54, 1.807) is 6.07 Å². The maximum absolute atomic E-state index is 10.8. The molecular weight excluding hydrogens is 334 g/mol. The maximum Gasteiger partial charge on any atom is 0.324 e. The van der Waals surface area contributed by atoms with Crippen LogP contribution in [0.3, 0.4) is 0 Å². The summed E-state index contributed by atoms with van der Waals surface area (Å²) in [7, 11) is 0. The molecule has 0 atom stereocenters. The van der Waals surface area contributed by atoms with Crippen LogP contribution in [0.25, 0.3) is 0 Å². The molecule has 1 aliphatic heterocycles. The Morgan fingerprint density at radius 2 is 1.68 bits per heavy atom. The van der Waals surface area contributed by atoms with E-state index in [0.29, 0.717) is 0 Å². The molecule has 134 valence electrons. The number of nitro groups is 1. The van der Waals surface area contributed by atoms with E-state index in [0.717, 1.165) is 37.6 Å². The molecule has 2 heterocycles. The molecule has 6 heteroatoms. The molecule has 1 saturated heterocycles. The van der Waals surface area contributed by atoms with E-state index in [1.807, 2.05) is 6.07 Å². The van der Waals surface area contributed by atoms with Crippen LogP contribution in [0.15, 0.2) is 36.4 Å². The molecule has 1 fully saturated rings. The normalized spacial score (nSPS) is 16.2. The topological polar surface area (TPSA) is 49.6 Å². The largest absolute Gasteiger partial charge is 0.369 e. The number of anilines is 1. The molecule has 1 aromatic heterocycles. The fourth-order valence-electron chi connectivity index (χ4n) is 3.11. The molecule has 1 aliphatic rings. The molecule has 0 spiro atoms. The summed E-state index contributed by atoms with van der Waals surface area (Å²) in [6, 6.07) is 12.4. The van der Waals surface area contributed by atoms with E-state index >= 15 is 0 Å². The van der Waals surface area contributed by atoms with Gasteiger partial charge in [-0.25, -0.2) is 0 Å². The van der Waals surface area contributed by atoms with Crippen LogP contribution in [0.2, 0.25) is 0 Å². The summed E-state index contributed by atoms with van der Waals surface area (Å²) in [5, 5.41) is 11.0. The number of nitrogens with zero attached hydrogens (tertiary/aromatic N) is 3. The summed E-state index contributed by atoms with van der Waals surface area (Å²) in [6.45, 7) is 11.4. The van der Waals surface area contributed by atoms with Crippen molar-refractivity contribution < 1.29 is 4.92 Å². The van der Waals surface area contributed by atoms with Gasteiger partial charge in [-0.15, -0.1) is 0 Å². The first-order valence-electron chi connectivity index (χ1n) is 8.64. The van der Waals surface area contributed by atoms with Gasteiger partial charge in [-0.1, -0.05) is 44.2 Å². The van der Waals surface area contributed by atoms with Gasteiger partial charge >= 0.3 is 5.00 Å². The first-order chi connectivity index (χ1) is 11.8. The highest BCUT2D eigenvalue weighted by Crippen LogP contribution is 2.27. The van der Waals surface area contributed by atoms with E-state index in [2.05, 4.69) is 54.8 Å². The van der Waals surface area contributed by atoms with Crippen LogP contribution in [0.4, 0.5) is 10.7 Å². The van der Waals surface area contributed by atoms with Gasteiger partial charge in [0.25, 0.3) is 0 Å². The van der Waals surface area contributed by atoms with Gasteiger partial charge in [-0.3, -0.25) is 15.0 Å². The van der Waals surface area contributed by atoms with Crippen LogP contribution in [-0.2, 0) is 12.0 Å². The number of piperazine rings is 1. The molecule has 0 amide bonds. The van der Waals surface area contributed by atoms with Crippen molar-refractivity contribution in [2.45, 2.75) is 32.7 Å². The monoisotopic (exact) mass is 359 g/mol. The highest BCUT2D eigenvalue weighted by atomic mass is 32.1. The third-order valence-corrected chi connectivity index (χ3v) is 5.70. The van der Waals surface area contributed by atoms with E-state index in [1.165, 1.54) is 22.6 Å². The Bertz CT molecular complexity index is 726. The van der Waals surface area contributed by atoms with Crippen LogP contribution in [-0.4, -0.2) is 36.0 Å². The summed E-state index contributed by atoms with van der Waals surface area (Å²) in [5.74, 6) is 0. The summed E-state index contributed by atoms with van der Waals surface area (Å²) < 4.78 is 0. The van der Waals surface area contributed by atoms with Gasteiger partial charge in [0.2, 0.25) is 0 Å². The van der Waals surface area contributed by atoms with Gasteiger partial charge < -0.3 is 4.90 Å². The highest BCUT2D eigenvalue weighted by Gasteiger charge is 2.20. The number of benzene rings is 1. The van der Waals surface area contributed by atoms with E-state index in [4.69, 9.17) is 0 Å². The lowest BCUT2D eigenvalue weighted by atomic mass is 9.87. The zero-order valence-corrected chi connectivity index (χ0v) is 15.9. The molecule has 0 saturated carbocycles. The lowest BCUT2D eigenvalue weighted by Crippen LogP contribution is -2.45. The molecule has 0 N–H and O–H groups in total. The SMILES string of the molecule is CC(C)(C)c1ccc(N2CCN(Cc3ccc([N+](=O)[O-])s3)CC2)cc1. The standard InChI is InChI=1S/C19H25N3O2S/c1-19(2,3)15-4-6-16(7-5-15)21-12-10-20(11-13-21)14-17-8-9-18(25-17)22(23)24/h4-9H,10-14H2,1-3H3. The minimum Gasteiger partial charge on any atom is -0.369 e. The molecule has 0 radical (unpaired) electrons. The Balaban J connectivity index is 1.55. The van der Waals surface area contributed by atoms with Gasteiger partial charge in [-0.05, 0) is 29.2 Å². The molecule has 5 nitrogen and oxygen atoms in total. The van der Waals surface area contributed by atoms with Crippen LogP contribution < -0.4 is 4.90 Å². The van der Waals surface area contributed by atoms with Gasteiger partial charge in [0.15, 0.2) is 0 Å². The molecule has 25 heavy (non-hydrogen) atoms. The molecule has 0 aliphatic carbocycles. The molecule has 1 aromatic carbocycles. The van der Waals surface area contributed by atoms with E-state index < -0.39 is 0 Å². The van der Waals surface area contributed by atoms with Crippen LogP contribution in [0.1, 0.15) is 31.2 Å². The van der Waals surface area contributed by atoms with Crippen LogP contribution in [0, 0.1) is 10.1 Å². The van der Waals surface area contributed by atoms with Gasteiger partial charge in [-0.2, -0.15) is 0 Å². The summed E-state index contributed by atoms with van der Waals surface area (Å²) in [6.07, 6.45) is 0. The minimum atomic E-state index is -0.312. The Kier molecular flexibility index (Phi) is 5.11. The number of rotatable bonds is 4. The Hall–Kier alpha value is -1.92. The number of hydrogen-bond acceptors (Lipinski definition) is 5. The summed E-state index contributed by atoms with van der Waals surface area (Å²) in [4.78, 5) is 16.3. The maximum atomic E-state index is 10.8. The van der Waals surface area contributed by atoms with E-state index in [9.17, 15) is 10.1 Å². The first-order valence-corrected chi connectivity index (χ1v) is 9.45. The average molecular weight is 359 g/mol. The van der Waals surface area contributed by atoms with Crippen molar-refractivity contribution >= 4 is 22.0 Å². The lowest BCUT2D eigenvalue weighted by molar-refractivity contribution is -0.380. The van der Waals surface area contributed by atoms with Crippen LogP contribution >= 0.6 is 11.3 Å². The predicted molar refractivity (Wildman–Crippen MR) is 104 cm³/mol. The summed E-state index contributed by atoms with van der Waals surface area (Å²) >= 11 is 1.28. The fraction of sp³-hybridized carbons (Fsp3) is 0.474. The van der Waals surface area contributed by atoms with Gasteiger partial charge in [0.1, 0.15) is 0 Å². The molecular formula is C19H25N3O2S. The summed E-state index contributed by atoms with van der Waals surface area (Å²) in [5.41, 5.74) is 2.81. The first kappa shape index (κ1) is 17.9. The van der Waals surface area contributed by atoms with Crippen molar-refractivity contribution in [3.05, 3.63) is 57.0 Å². The molecule has 3 rings (SSSR count). The zero-order valence-electron chi connectivity index (χ0n) is 15.1. The van der Waals surface area contributed by atoms with Crippen molar-refractivity contribution in [1.29, 1.82) is 0 Å². The molecule has 0 bridgehead atoms. The minimum absolute atomic E-state index is 0.181. The quantitative estimate of drug-likeness (QED) is 0.604. The van der Waals surface area contributed by atoms with Crippen molar-refractivity contribution in [1.82, 2.24) is 4.90 Å². The number of thiophene rings is 1. The molecule has 0 unspecified atom stereocenters. The number of hydrogen-bond donors (Lipinski definition) is 0. The Morgan fingerprint density at radius 3 is 2.20 bits per heavy atom. The second-order valence-electron chi connectivity index (χ2n) is 7.56.